The van der Waals surface area contributed by atoms with E-state index < -0.39 is 39.0 Å². The Balaban J connectivity index is 1.73. The molecule has 35 heavy (non-hydrogen) atoms. The van der Waals surface area contributed by atoms with E-state index in [1.165, 1.54) is 12.1 Å². The lowest BCUT2D eigenvalue weighted by molar-refractivity contribution is -0.139. The molecule has 2 heterocycles. The van der Waals surface area contributed by atoms with Crippen LogP contribution in [0.1, 0.15) is 38.6 Å². The van der Waals surface area contributed by atoms with Crippen LogP contribution in [0, 0.1) is 0 Å². The van der Waals surface area contributed by atoms with Crippen molar-refractivity contribution in [2.24, 2.45) is 0 Å². The number of oxazole rings is 1. The van der Waals surface area contributed by atoms with Gasteiger partial charge < -0.3 is 14.1 Å². The number of likely N-dealkylation sites (N-methyl/N-ethyl adjacent to an activating group) is 1. The van der Waals surface area contributed by atoms with Gasteiger partial charge in [-0.3, -0.25) is 4.72 Å². The first-order valence-corrected chi connectivity index (χ1v) is 12.7. The number of nitrogens with zero attached hydrogens (tertiary/aromatic N) is 2. The number of rotatable bonds is 5. The molecule has 1 N–H and O–H groups in total. The van der Waals surface area contributed by atoms with E-state index >= 15 is 0 Å². The summed E-state index contributed by atoms with van der Waals surface area (Å²) in [5.41, 5.74) is -1.33. The van der Waals surface area contributed by atoms with Crippen LogP contribution in [0.25, 0.3) is 11.1 Å². The predicted octanol–water partition coefficient (Wildman–Crippen LogP) is 5.68. The minimum absolute atomic E-state index is 0.0349. The maximum Gasteiger partial charge on any atom is 0.419 e. The molecule has 1 aliphatic rings. The number of fused-ring (bicyclic) bond motifs is 1. The average Bonchev–Trinajstić information content (AvgIpc) is 3.32. The first-order chi connectivity index (χ1) is 16.1. The molecule has 3 aromatic rings. The van der Waals surface area contributed by atoms with Gasteiger partial charge in [0, 0.05) is 24.6 Å². The van der Waals surface area contributed by atoms with Crippen molar-refractivity contribution in [3.05, 3.63) is 46.8 Å². The Bertz CT molecular complexity index is 1370. The average molecular weight is 532 g/mol. The largest absolute Gasteiger partial charge is 0.488 e. The van der Waals surface area contributed by atoms with E-state index in [1.807, 2.05) is 32.7 Å². The van der Waals surface area contributed by atoms with Crippen LogP contribution in [-0.2, 0) is 21.6 Å². The highest BCUT2D eigenvalue weighted by Gasteiger charge is 2.36. The van der Waals surface area contributed by atoms with Crippen LogP contribution in [0.5, 0.6) is 5.75 Å². The van der Waals surface area contributed by atoms with Gasteiger partial charge in [0.05, 0.1) is 16.3 Å². The fourth-order valence-electron chi connectivity index (χ4n) is 3.81. The third-order valence-electron chi connectivity index (χ3n) is 5.56. The fourth-order valence-corrected chi connectivity index (χ4v) is 5.52. The van der Waals surface area contributed by atoms with Crippen molar-refractivity contribution in [2.45, 2.75) is 49.8 Å². The van der Waals surface area contributed by atoms with Crippen LogP contribution in [0.3, 0.4) is 0 Å². The Morgan fingerprint density at radius 2 is 1.91 bits per heavy atom. The number of hydrogen-bond donors (Lipinski definition) is 1. The van der Waals surface area contributed by atoms with E-state index in [2.05, 4.69) is 9.71 Å². The van der Waals surface area contributed by atoms with E-state index in [-0.39, 0.29) is 21.2 Å². The molecule has 7 nitrogen and oxygen atoms in total. The molecule has 1 atom stereocenters. The summed E-state index contributed by atoms with van der Waals surface area (Å²) >= 11 is 6.24. The van der Waals surface area contributed by atoms with Crippen LogP contribution >= 0.6 is 11.6 Å². The summed E-state index contributed by atoms with van der Waals surface area (Å²) in [4.78, 5) is 5.95. The summed E-state index contributed by atoms with van der Waals surface area (Å²) < 4.78 is 81.1. The van der Waals surface area contributed by atoms with E-state index in [4.69, 9.17) is 20.8 Å². The van der Waals surface area contributed by atoms with Gasteiger partial charge in [-0.05, 0) is 37.7 Å². The summed E-state index contributed by atoms with van der Waals surface area (Å²) in [5.74, 6) is -0.130. The number of anilines is 1. The minimum Gasteiger partial charge on any atom is -0.488 e. The number of sulfonamides is 1. The van der Waals surface area contributed by atoms with Crippen molar-refractivity contribution < 1.29 is 30.7 Å². The third-order valence-corrected chi connectivity index (χ3v) is 7.43. The van der Waals surface area contributed by atoms with E-state index in [1.54, 1.807) is 0 Å². The second-order valence-corrected chi connectivity index (χ2v) is 11.6. The standard InChI is InChI=1S/C23H25ClF3N3O4S/c1-22(2,3)21-28-17-8-7-16(24)20(19(17)34-21)35(31,32)29-13-5-6-15(23(25,26)27)18(11-13)33-14-9-10-30(4)12-14/h5-8,11,14,29H,9-10,12H2,1-4H3/t14-/m1/s1. The molecular formula is C23H25ClF3N3O4S. The number of ether oxygens (including phenoxy) is 1. The smallest absolute Gasteiger partial charge is 0.419 e. The van der Waals surface area contributed by atoms with Gasteiger partial charge in [0.1, 0.15) is 17.4 Å². The van der Waals surface area contributed by atoms with Gasteiger partial charge >= 0.3 is 6.18 Å². The number of benzene rings is 2. The molecule has 4 rings (SSSR count). The van der Waals surface area contributed by atoms with Crippen molar-refractivity contribution in [2.75, 3.05) is 24.9 Å². The molecule has 0 aliphatic carbocycles. The molecule has 1 fully saturated rings. The fraction of sp³-hybridized carbons (Fsp3) is 0.435. The Hall–Kier alpha value is -2.50. The van der Waals surface area contributed by atoms with Gasteiger partial charge in [-0.25, -0.2) is 13.4 Å². The zero-order valence-corrected chi connectivity index (χ0v) is 21.1. The number of likely N-dealkylation sites (tertiary alicyclic amines) is 1. The van der Waals surface area contributed by atoms with Crippen LogP contribution in [0.2, 0.25) is 5.02 Å². The monoisotopic (exact) mass is 531 g/mol. The molecule has 12 heteroatoms. The van der Waals surface area contributed by atoms with E-state index in [0.29, 0.717) is 30.9 Å². The van der Waals surface area contributed by atoms with Crippen LogP contribution in [0.4, 0.5) is 18.9 Å². The lowest BCUT2D eigenvalue weighted by atomic mass is 9.97. The molecule has 1 aromatic heterocycles. The number of aromatic nitrogens is 1. The molecule has 0 unspecified atom stereocenters. The molecule has 0 saturated carbocycles. The Labute approximate surface area is 206 Å². The van der Waals surface area contributed by atoms with Crippen molar-refractivity contribution in [3.8, 4) is 5.75 Å². The molecule has 0 amide bonds. The molecule has 0 bridgehead atoms. The normalized spacial score (nSPS) is 17.8. The quantitative estimate of drug-likeness (QED) is 0.456. The van der Waals surface area contributed by atoms with Gasteiger partial charge in [0.25, 0.3) is 10.0 Å². The van der Waals surface area contributed by atoms with Crippen molar-refractivity contribution in [1.29, 1.82) is 0 Å². The predicted molar refractivity (Wildman–Crippen MR) is 127 cm³/mol. The Kier molecular flexibility index (Phi) is 6.48. The Morgan fingerprint density at radius 1 is 1.20 bits per heavy atom. The molecular weight excluding hydrogens is 507 g/mol. The summed E-state index contributed by atoms with van der Waals surface area (Å²) in [6.45, 7) is 6.73. The molecule has 0 spiro atoms. The maximum absolute atomic E-state index is 13.6. The summed E-state index contributed by atoms with van der Waals surface area (Å²) in [5, 5.41) is -0.112. The van der Waals surface area contributed by atoms with E-state index in [0.717, 1.165) is 18.2 Å². The highest BCUT2D eigenvalue weighted by atomic mass is 35.5. The third kappa shape index (κ3) is 5.36. The highest BCUT2D eigenvalue weighted by molar-refractivity contribution is 7.93. The second-order valence-electron chi connectivity index (χ2n) is 9.60. The molecule has 1 aliphatic heterocycles. The van der Waals surface area contributed by atoms with Gasteiger partial charge in [0.15, 0.2) is 10.5 Å². The molecule has 190 valence electrons. The first-order valence-electron chi connectivity index (χ1n) is 10.8. The molecule has 1 saturated heterocycles. The lowest BCUT2D eigenvalue weighted by Gasteiger charge is -2.19. The zero-order valence-electron chi connectivity index (χ0n) is 19.5. The van der Waals surface area contributed by atoms with Crippen molar-refractivity contribution in [3.63, 3.8) is 0 Å². The summed E-state index contributed by atoms with van der Waals surface area (Å²) in [7, 11) is -2.52. The Morgan fingerprint density at radius 3 is 2.51 bits per heavy atom. The van der Waals surface area contributed by atoms with Crippen molar-refractivity contribution in [1.82, 2.24) is 9.88 Å². The second kappa shape index (κ2) is 8.86. The van der Waals surface area contributed by atoms with Gasteiger partial charge in [-0.15, -0.1) is 0 Å². The minimum atomic E-state index is -4.67. The topological polar surface area (TPSA) is 84.7 Å². The van der Waals surface area contributed by atoms with Gasteiger partial charge in [-0.1, -0.05) is 32.4 Å². The molecule has 0 radical (unpaired) electrons. The molecule has 2 aromatic carbocycles. The number of nitrogens with one attached hydrogen (secondary N) is 1. The van der Waals surface area contributed by atoms with Crippen molar-refractivity contribution >= 4 is 38.4 Å². The first kappa shape index (κ1) is 25.6. The summed E-state index contributed by atoms with van der Waals surface area (Å²) in [6.07, 6.45) is -4.56. The zero-order chi connectivity index (χ0) is 25.8. The van der Waals surface area contributed by atoms with E-state index in [9.17, 15) is 21.6 Å². The van der Waals surface area contributed by atoms with Gasteiger partial charge in [0.2, 0.25) is 5.89 Å². The SMILES string of the molecule is CN1CC[C@@H](Oc2cc(NS(=O)(=O)c3c(Cl)ccc4nc(C(C)(C)C)oc34)ccc2C(F)(F)F)C1. The van der Waals surface area contributed by atoms with Crippen LogP contribution in [-0.4, -0.2) is 44.5 Å². The lowest BCUT2D eigenvalue weighted by Crippen LogP contribution is -2.23. The number of halogens is 4. The summed E-state index contributed by atoms with van der Waals surface area (Å²) in [6, 6.07) is 5.78. The highest BCUT2D eigenvalue weighted by Crippen LogP contribution is 2.40. The van der Waals surface area contributed by atoms with Crippen LogP contribution in [0.15, 0.2) is 39.6 Å². The number of alkyl halides is 3. The van der Waals surface area contributed by atoms with Gasteiger partial charge in [-0.2, -0.15) is 13.2 Å². The van der Waals surface area contributed by atoms with Crippen LogP contribution < -0.4 is 9.46 Å². The number of hydrogen-bond acceptors (Lipinski definition) is 6. The maximum atomic E-state index is 13.6.